The normalized spacial score (nSPS) is 13.6. The van der Waals surface area contributed by atoms with Crippen molar-refractivity contribution in [1.82, 2.24) is 15.3 Å². The number of hydrogen-bond donors (Lipinski definition) is 3. The van der Waals surface area contributed by atoms with Crippen molar-refractivity contribution in [2.75, 3.05) is 0 Å². The molecule has 0 aliphatic heterocycles. The zero-order chi connectivity index (χ0) is 11.5. The molecule has 0 aromatic carbocycles. The highest BCUT2D eigenvalue weighted by atomic mass is 16.3. The molecule has 1 atom stereocenters. The second-order valence-corrected chi connectivity index (χ2v) is 3.97. The molecule has 0 fully saturated rings. The smallest absolute Gasteiger partial charge is 0.251 e. The van der Waals surface area contributed by atoms with Crippen LogP contribution in [0.4, 0.5) is 0 Å². The van der Waals surface area contributed by atoms with Crippen LogP contribution in [-0.4, -0.2) is 26.6 Å². The van der Waals surface area contributed by atoms with Crippen LogP contribution in [0.1, 0.15) is 39.1 Å². The van der Waals surface area contributed by atoms with Crippen molar-refractivity contribution in [1.29, 1.82) is 0 Å². The lowest BCUT2D eigenvalue weighted by Gasteiger charge is -2.21. The van der Waals surface area contributed by atoms with Crippen LogP contribution in [0.3, 0.4) is 0 Å². The largest absolute Gasteiger partial charge is 0.381 e. The van der Waals surface area contributed by atoms with Gasteiger partial charge in [-0.3, -0.25) is 4.79 Å². The zero-order valence-electron chi connectivity index (χ0n) is 9.24. The first-order valence-corrected chi connectivity index (χ1v) is 4.97. The number of imidazole rings is 1. The number of H-pyrrole nitrogens is 1. The van der Waals surface area contributed by atoms with Gasteiger partial charge in [0.05, 0.1) is 6.04 Å². The number of carbonyl (C=O) groups is 1. The molecule has 15 heavy (non-hydrogen) atoms. The minimum absolute atomic E-state index is 0.182. The molecule has 1 amide bonds. The highest BCUT2D eigenvalue weighted by molar-refractivity contribution is 5.84. The molecule has 1 unspecified atom stereocenters. The number of hydrogen-bond acceptors (Lipinski definition) is 3. The predicted octanol–water partition coefficient (Wildman–Crippen LogP) is 0.748. The summed E-state index contributed by atoms with van der Waals surface area (Å²) >= 11 is 0. The molecule has 84 valence electrons. The van der Waals surface area contributed by atoms with E-state index >= 15 is 0 Å². The molecule has 1 aromatic rings. The van der Waals surface area contributed by atoms with Gasteiger partial charge in [0.2, 0.25) is 0 Å². The summed E-state index contributed by atoms with van der Waals surface area (Å²) in [5.41, 5.74) is -1.36. The molecule has 5 heteroatoms. The van der Waals surface area contributed by atoms with E-state index in [1.807, 2.05) is 6.92 Å². The van der Waals surface area contributed by atoms with Gasteiger partial charge in [0.15, 0.2) is 0 Å². The molecule has 1 rings (SSSR count). The fourth-order valence-electron chi connectivity index (χ4n) is 1.17. The molecule has 3 N–H and O–H groups in total. The Kier molecular flexibility index (Phi) is 3.47. The SMILES string of the molecule is CCC(NC(=O)C(C)(C)O)c1ncc[nH]1. The highest BCUT2D eigenvalue weighted by Gasteiger charge is 2.26. The van der Waals surface area contributed by atoms with Gasteiger partial charge in [-0.15, -0.1) is 0 Å². The van der Waals surface area contributed by atoms with E-state index in [0.717, 1.165) is 6.42 Å². The van der Waals surface area contributed by atoms with Crippen molar-refractivity contribution in [2.45, 2.75) is 38.8 Å². The third-order valence-corrected chi connectivity index (χ3v) is 2.12. The standard InChI is InChI=1S/C10H17N3O2/c1-4-7(8-11-5-6-12-8)13-9(14)10(2,3)15/h5-7,15H,4H2,1-3H3,(H,11,12)(H,13,14). The molecular weight excluding hydrogens is 194 g/mol. The summed E-state index contributed by atoms with van der Waals surface area (Å²) in [6.07, 6.45) is 4.05. The molecule has 0 radical (unpaired) electrons. The van der Waals surface area contributed by atoms with Gasteiger partial charge in [-0.2, -0.15) is 0 Å². The highest BCUT2D eigenvalue weighted by Crippen LogP contribution is 2.13. The van der Waals surface area contributed by atoms with E-state index in [9.17, 15) is 9.90 Å². The average molecular weight is 211 g/mol. The first kappa shape index (κ1) is 11.7. The van der Waals surface area contributed by atoms with Crippen LogP contribution in [0.25, 0.3) is 0 Å². The van der Waals surface area contributed by atoms with Crippen LogP contribution in [0, 0.1) is 0 Å². The fourth-order valence-corrected chi connectivity index (χ4v) is 1.17. The summed E-state index contributed by atoms with van der Waals surface area (Å²) in [4.78, 5) is 18.5. The Balaban J connectivity index is 2.67. The number of amides is 1. The molecular formula is C10H17N3O2. The van der Waals surface area contributed by atoms with E-state index < -0.39 is 11.5 Å². The van der Waals surface area contributed by atoms with Gasteiger partial charge in [0.25, 0.3) is 5.91 Å². The summed E-state index contributed by atoms with van der Waals surface area (Å²) in [6, 6.07) is -0.182. The Labute approximate surface area is 88.9 Å². The summed E-state index contributed by atoms with van der Waals surface area (Å²) in [7, 11) is 0. The third kappa shape index (κ3) is 3.06. The monoisotopic (exact) mass is 211 g/mol. The van der Waals surface area contributed by atoms with Crippen molar-refractivity contribution in [3.05, 3.63) is 18.2 Å². The summed E-state index contributed by atoms with van der Waals surface area (Å²) in [5, 5.41) is 12.2. The van der Waals surface area contributed by atoms with E-state index in [0.29, 0.717) is 5.82 Å². The Morgan fingerprint density at radius 1 is 1.73 bits per heavy atom. The first-order chi connectivity index (χ1) is 6.95. The van der Waals surface area contributed by atoms with Gasteiger partial charge in [-0.25, -0.2) is 4.98 Å². The van der Waals surface area contributed by atoms with E-state index in [1.165, 1.54) is 13.8 Å². The minimum atomic E-state index is -1.36. The summed E-state index contributed by atoms with van der Waals surface area (Å²) in [6.45, 7) is 4.85. The minimum Gasteiger partial charge on any atom is -0.381 e. The number of aromatic nitrogens is 2. The maximum atomic E-state index is 11.5. The van der Waals surface area contributed by atoms with Crippen molar-refractivity contribution in [2.24, 2.45) is 0 Å². The van der Waals surface area contributed by atoms with Gasteiger partial charge in [0.1, 0.15) is 11.4 Å². The number of aliphatic hydroxyl groups is 1. The van der Waals surface area contributed by atoms with E-state index in [4.69, 9.17) is 0 Å². The predicted molar refractivity (Wildman–Crippen MR) is 56.1 cm³/mol. The molecule has 0 aliphatic carbocycles. The average Bonchev–Trinajstić information content (AvgIpc) is 2.64. The quantitative estimate of drug-likeness (QED) is 0.687. The van der Waals surface area contributed by atoms with Crippen molar-refractivity contribution in [3.8, 4) is 0 Å². The zero-order valence-corrected chi connectivity index (χ0v) is 9.24. The maximum absolute atomic E-state index is 11.5. The number of rotatable bonds is 4. The van der Waals surface area contributed by atoms with Crippen molar-refractivity contribution in [3.63, 3.8) is 0 Å². The van der Waals surface area contributed by atoms with Crippen LogP contribution in [0.15, 0.2) is 12.4 Å². The van der Waals surface area contributed by atoms with Gasteiger partial charge in [0, 0.05) is 12.4 Å². The molecule has 0 aliphatic rings. The molecule has 0 spiro atoms. The fraction of sp³-hybridized carbons (Fsp3) is 0.600. The summed E-state index contributed by atoms with van der Waals surface area (Å²) in [5.74, 6) is 0.306. The number of aromatic amines is 1. The van der Waals surface area contributed by atoms with Crippen molar-refractivity contribution >= 4 is 5.91 Å². The van der Waals surface area contributed by atoms with Crippen molar-refractivity contribution < 1.29 is 9.90 Å². The molecule has 5 nitrogen and oxygen atoms in total. The van der Waals surface area contributed by atoms with Gasteiger partial charge in [-0.1, -0.05) is 6.92 Å². The van der Waals surface area contributed by atoms with Crippen LogP contribution < -0.4 is 5.32 Å². The van der Waals surface area contributed by atoms with Crippen LogP contribution in [-0.2, 0) is 4.79 Å². The topological polar surface area (TPSA) is 78.0 Å². The lowest BCUT2D eigenvalue weighted by Crippen LogP contribution is -2.43. The third-order valence-electron chi connectivity index (χ3n) is 2.12. The Morgan fingerprint density at radius 3 is 2.80 bits per heavy atom. The molecule has 0 saturated carbocycles. The number of nitrogens with one attached hydrogen (secondary N) is 2. The maximum Gasteiger partial charge on any atom is 0.251 e. The van der Waals surface area contributed by atoms with Crippen LogP contribution in [0.2, 0.25) is 0 Å². The summed E-state index contributed by atoms with van der Waals surface area (Å²) < 4.78 is 0. The lowest BCUT2D eigenvalue weighted by molar-refractivity contribution is -0.137. The first-order valence-electron chi connectivity index (χ1n) is 4.97. The van der Waals surface area contributed by atoms with Gasteiger partial charge >= 0.3 is 0 Å². The van der Waals surface area contributed by atoms with Gasteiger partial charge in [-0.05, 0) is 20.3 Å². The molecule has 0 bridgehead atoms. The second-order valence-electron chi connectivity index (χ2n) is 3.97. The molecule has 0 saturated heterocycles. The van der Waals surface area contributed by atoms with Crippen LogP contribution >= 0.6 is 0 Å². The van der Waals surface area contributed by atoms with Crippen LogP contribution in [0.5, 0.6) is 0 Å². The molecule has 1 aromatic heterocycles. The van der Waals surface area contributed by atoms with E-state index in [-0.39, 0.29) is 6.04 Å². The Morgan fingerprint density at radius 2 is 2.40 bits per heavy atom. The van der Waals surface area contributed by atoms with Gasteiger partial charge < -0.3 is 15.4 Å². The van der Waals surface area contributed by atoms with E-state index in [2.05, 4.69) is 15.3 Å². The lowest BCUT2D eigenvalue weighted by atomic mass is 10.1. The second kappa shape index (κ2) is 4.44. The molecule has 1 heterocycles. The Hall–Kier alpha value is -1.36. The number of nitrogens with zero attached hydrogens (tertiary/aromatic N) is 1. The van der Waals surface area contributed by atoms with E-state index in [1.54, 1.807) is 12.4 Å². The Bertz CT molecular complexity index is 314. The number of carbonyl (C=O) groups excluding carboxylic acids is 1.